The molecule has 0 amide bonds. The summed E-state index contributed by atoms with van der Waals surface area (Å²) in [7, 11) is 0. The molecule has 0 spiro atoms. The number of nitro benzene ring substituents is 1. The predicted octanol–water partition coefficient (Wildman–Crippen LogP) is 2.78. The number of hydrogen-bond acceptors (Lipinski definition) is 6. The second kappa shape index (κ2) is 5.10. The van der Waals surface area contributed by atoms with E-state index in [0.29, 0.717) is 17.6 Å². The third-order valence-corrected chi connectivity index (χ3v) is 3.87. The second-order valence-electron chi connectivity index (χ2n) is 4.62. The van der Waals surface area contributed by atoms with Crippen LogP contribution < -0.4 is 5.32 Å². The predicted molar refractivity (Wildman–Crippen MR) is 75.7 cm³/mol. The maximum absolute atomic E-state index is 11.2. The summed E-state index contributed by atoms with van der Waals surface area (Å²) in [6, 6.07) is 3.45. The van der Waals surface area contributed by atoms with E-state index in [-0.39, 0.29) is 12.2 Å². The number of aliphatic hydroxyl groups is 1. The highest BCUT2D eigenvalue weighted by molar-refractivity contribution is 7.16. The fourth-order valence-corrected chi connectivity index (χ4v) is 2.33. The van der Waals surface area contributed by atoms with Crippen LogP contribution in [-0.4, -0.2) is 27.2 Å². The number of nitrogens with zero attached hydrogens (tertiary/aromatic N) is 2. The third-order valence-electron chi connectivity index (χ3n) is 3.08. The molecule has 1 aromatic heterocycles. The van der Waals surface area contributed by atoms with Crippen molar-refractivity contribution in [2.75, 3.05) is 11.9 Å². The summed E-state index contributed by atoms with van der Waals surface area (Å²) in [4.78, 5) is 14.8. The molecular formula is C12H15N3O3S. The Bertz CT molecular complexity index is 609. The molecule has 2 rings (SSSR count). The molecule has 2 N–H and O–H groups in total. The van der Waals surface area contributed by atoms with Gasteiger partial charge in [-0.1, -0.05) is 6.92 Å². The Labute approximate surface area is 114 Å². The van der Waals surface area contributed by atoms with Crippen LogP contribution in [-0.2, 0) is 0 Å². The van der Waals surface area contributed by atoms with Gasteiger partial charge in [0.2, 0.25) is 0 Å². The Morgan fingerprint density at radius 3 is 2.95 bits per heavy atom. The zero-order valence-corrected chi connectivity index (χ0v) is 11.5. The van der Waals surface area contributed by atoms with Crippen molar-refractivity contribution in [2.24, 2.45) is 0 Å². The van der Waals surface area contributed by atoms with Gasteiger partial charge in [-0.2, -0.15) is 0 Å². The molecule has 0 radical (unpaired) electrons. The molecule has 7 heteroatoms. The normalized spacial score (nSPS) is 14.3. The van der Waals surface area contributed by atoms with Crippen LogP contribution >= 0.6 is 11.3 Å². The monoisotopic (exact) mass is 281 g/mol. The zero-order chi connectivity index (χ0) is 14.0. The van der Waals surface area contributed by atoms with Gasteiger partial charge in [0.25, 0.3) is 0 Å². The van der Waals surface area contributed by atoms with Crippen molar-refractivity contribution in [1.29, 1.82) is 0 Å². The molecule has 19 heavy (non-hydrogen) atoms. The number of nitro groups is 1. The van der Waals surface area contributed by atoms with E-state index >= 15 is 0 Å². The average Bonchev–Trinajstić information content (AvgIpc) is 2.83. The molecule has 102 valence electrons. The van der Waals surface area contributed by atoms with E-state index in [1.807, 2.05) is 6.92 Å². The minimum atomic E-state index is -0.898. The molecule has 0 aliphatic carbocycles. The first-order chi connectivity index (χ1) is 8.94. The summed E-state index contributed by atoms with van der Waals surface area (Å²) in [5.41, 5.74) is 1.42. The highest BCUT2D eigenvalue weighted by atomic mass is 32.1. The van der Waals surface area contributed by atoms with Gasteiger partial charge in [0.15, 0.2) is 5.52 Å². The first-order valence-corrected chi connectivity index (χ1v) is 6.79. The van der Waals surface area contributed by atoms with Crippen LogP contribution in [0.15, 0.2) is 17.6 Å². The summed E-state index contributed by atoms with van der Waals surface area (Å²) in [5, 5.41) is 24.1. The summed E-state index contributed by atoms with van der Waals surface area (Å²) in [6.07, 6.45) is 0.562. The van der Waals surface area contributed by atoms with E-state index in [2.05, 4.69) is 10.3 Å². The molecule has 0 saturated heterocycles. The highest BCUT2D eigenvalue weighted by Gasteiger charge is 2.23. The Kier molecular flexibility index (Phi) is 3.68. The lowest BCUT2D eigenvalue weighted by Gasteiger charge is -2.22. The van der Waals surface area contributed by atoms with E-state index in [0.717, 1.165) is 4.70 Å². The SMILES string of the molecule is CCC(C)(O)CNc1ccc2scnc2c1[N+](=O)[O-]. The lowest BCUT2D eigenvalue weighted by atomic mass is 10.0. The molecule has 0 saturated carbocycles. The number of fused-ring (bicyclic) bond motifs is 1. The van der Waals surface area contributed by atoms with E-state index in [1.165, 1.54) is 11.3 Å². The Morgan fingerprint density at radius 1 is 1.58 bits per heavy atom. The number of benzene rings is 1. The maximum Gasteiger partial charge on any atom is 0.319 e. The number of thiazole rings is 1. The molecule has 0 aliphatic rings. The maximum atomic E-state index is 11.2. The van der Waals surface area contributed by atoms with Crippen molar-refractivity contribution in [3.05, 3.63) is 27.8 Å². The summed E-state index contributed by atoms with van der Waals surface area (Å²) in [5.74, 6) is 0. The van der Waals surface area contributed by atoms with Crippen molar-refractivity contribution in [2.45, 2.75) is 25.9 Å². The molecule has 2 aromatic rings. The fraction of sp³-hybridized carbons (Fsp3) is 0.417. The van der Waals surface area contributed by atoms with Crippen molar-refractivity contribution in [3.8, 4) is 0 Å². The lowest BCUT2D eigenvalue weighted by Crippen LogP contribution is -2.32. The summed E-state index contributed by atoms with van der Waals surface area (Å²) < 4.78 is 0.777. The van der Waals surface area contributed by atoms with Gasteiger partial charge in [-0.15, -0.1) is 11.3 Å². The molecule has 1 atom stereocenters. The largest absolute Gasteiger partial charge is 0.388 e. The van der Waals surface area contributed by atoms with Gasteiger partial charge < -0.3 is 10.4 Å². The van der Waals surface area contributed by atoms with Gasteiger partial charge in [0.05, 0.1) is 20.7 Å². The van der Waals surface area contributed by atoms with Crippen LogP contribution in [0.4, 0.5) is 11.4 Å². The minimum Gasteiger partial charge on any atom is -0.388 e. The number of aromatic nitrogens is 1. The molecule has 6 nitrogen and oxygen atoms in total. The topological polar surface area (TPSA) is 88.3 Å². The second-order valence-corrected chi connectivity index (χ2v) is 5.51. The van der Waals surface area contributed by atoms with E-state index in [9.17, 15) is 15.2 Å². The Hall–Kier alpha value is -1.73. The van der Waals surface area contributed by atoms with Crippen LogP contribution in [0.1, 0.15) is 20.3 Å². The van der Waals surface area contributed by atoms with E-state index in [1.54, 1.807) is 24.6 Å². The molecule has 0 fully saturated rings. The van der Waals surface area contributed by atoms with Crippen LogP contribution in [0.2, 0.25) is 0 Å². The summed E-state index contributed by atoms with van der Waals surface area (Å²) >= 11 is 1.36. The fourth-order valence-electron chi connectivity index (χ4n) is 1.65. The molecule has 1 unspecified atom stereocenters. The van der Waals surface area contributed by atoms with Crippen molar-refractivity contribution in [3.63, 3.8) is 0 Å². The number of anilines is 1. The van der Waals surface area contributed by atoms with E-state index in [4.69, 9.17) is 0 Å². The quantitative estimate of drug-likeness (QED) is 0.650. The van der Waals surface area contributed by atoms with Crippen LogP contribution in [0.3, 0.4) is 0 Å². The van der Waals surface area contributed by atoms with Gasteiger partial charge >= 0.3 is 5.69 Å². The molecular weight excluding hydrogens is 266 g/mol. The van der Waals surface area contributed by atoms with E-state index < -0.39 is 10.5 Å². The molecule has 1 aromatic carbocycles. The van der Waals surface area contributed by atoms with Gasteiger partial charge in [-0.25, -0.2) is 4.98 Å². The standard InChI is InChI=1S/C12H15N3O3S/c1-3-12(2,16)6-13-8-4-5-9-10(14-7-19-9)11(8)15(17)18/h4-5,7,13,16H,3,6H2,1-2H3. The van der Waals surface area contributed by atoms with Crippen molar-refractivity contribution in [1.82, 2.24) is 4.98 Å². The Morgan fingerprint density at radius 2 is 2.32 bits per heavy atom. The van der Waals surface area contributed by atoms with Crippen LogP contribution in [0.25, 0.3) is 10.2 Å². The Balaban J connectivity index is 2.37. The molecule has 0 aliphatic heterocycles. The zero-order valence-electron chi connectivity index (χ0n) is 10.7. The summed E-state index contributed by atoms with van der Waals surface area (Å²) in [6.45, 7) is 3.80. The van der Waals surface area contributed by atoms with Gasteiger partial charge in [-0.3, -0.25) is 10.1 Å². The minimum absolute atomic E-state index is 0.0364. The first-order valence-electron chi connectivity index (χ1n) is 5.91. The van der Waals surface area contributed by atoms with Crippen LogP contribution in [0.5, 0.6) is 0 Å². The van der Waals surface area contributed by atoms with Crippen LogP contribution in [0, 0.1) is 10.1 Å². The highest BCUT2D eigenvalue weighted by Crippen LogP contribution is 2.34. The number of rotatable bonds is 5. The molecule has 0 bridgehead atoms. The lowest BCUT2D eigenvalue weighted by molar-refractivity contribution is -0.382. The van der Waals surface area contributed by atoms with Crippen molar-refractivity contribution >= 4 is 32.9 Å². The average molecular weight is 281 g/mol. The molecule has 1 heterocycles. The van der Waals surface area contributed by atoms with Gasteiger partial charge in [0, 0.05) is 6.54 Å². The van der Waals surface area contributed by atoms with Gasteiger partial charge in [0.1, 0.15) is 5.69 Å². The third kappa shape index (κ3) is 2.82. The number of hydrogen-bond donors (Lipinski definition) is 2. The van der Waals surface area contributed by atoms with Gasteiger partial charge in [-0.05, 0) is 25.5 Å². The van der Waals surface area contributed by atoms with Crippen molar-refractivity contribution < 1.29 is 10.0 Å². The first kappa shape index (κ1) is 13.7. The number of nitrogens with one attached hydrogen (secondary N) is 1. The smallest absolute Gasteiger partial charge is 0.319 e.